The number of carbonyl (C=O) groups is 1. The average Bonchev–Trinajstić information content (AvgIpc) is 2.31. The summed E-state index contributed by atoms with van der Waals surface area (Å²) in [5.41, 5.74) is 2.85. The van der Waals surface area contributed by atoms with Crippen molar-refractivity contribution in [2.75, 3.05) is 18.4 Å². The fourth-order valence-electron chi connectivity index (χ4n) is 1.81. The highest BCUT2D eigenvalue weighted by molar-refractivity contribution is 9.09. The number of halogens is 4. The highest BCUT2D eigenvalue weighted by Crippen LogP contribution is 2.18. The number of amides is 1. The zero-order valence-electron chi connectivity index (χ0n) is 11.4. The Bertz CT molecular complexity index is 474. The van der Waals surface area contributed by atoms with Crippen molar-refractivity contribution in [2.45, 2.75) is 26.4 Å². The van der Waals surface area contributed by atoms with Crippen LogP contribution in [-0.2, 0) is 11.2 Å². The molecule has 1 aromatic rings. The number of aryl methyl sites for hydroxylation is 2. The first-order valence-corrected chi connectivity index (χ1v) is 7.31. The van der Waals surface area contributed by atoms with Crippen molar-refractivity contribution >= 4 is 21.8 Å². The number of hydrogen-bond donors (Lipinski definition) is 0. The molecule has 2 nitrogen and oxygen atoms in total. The van der Waals surface area contributed by atoms with Crippen LogP contribution in [0.4, 0.5) is 13.2 Å². The maximum Gasteiger partial charge on any atom is 0.406 e. The van der Waals surface area contributed by atoms with Crippen molar-refractivity contribution in [1.82, 2.24) is 4.90 Å². The fourth-order valence-corrected chi connectivity index (χ4v) is 2.24. The third-order valence-corrected chi connectivity index (χ3v) is 3.36. The molecule has 0 atom stereocenters. The third kappa shape index (κ3) is 5.53. The van der Waals surface area contributed by atoms with Crippen LogP contribution in [0.1, 0.15) is 16.7 Å². The normalized spacial score (nSPS) is 11.5. The minimum Gasteiger partial charge on any atom is -0.332 e. The van der Waals surface area contributed by atoms with Crippen LogP contribution in [0.3, 0.4) is 0 Å². The van der Waals surface area contributed by atoms with Gasteiger partial charge in [-0.25, -0.2) is 0 Å². The number of benzene rings is 1. The molecule has 1 rings (SSSR count). The first-order chi connectivity index (χ1) is 9.23. The molecule has 0 aliphatic carbocycles. The van der Waals surface area contributed by atoms with Gasteiger partial charge in [0.15, 0.2) is 0 Å². The Labute approximate surface area is 125 Å². The van der Waals surface area contributed by atoms with E-state index in [1.165, 1.54) is 0 Å². The number of hydrogen-bond acceptors (Lipinski definition) is 1. The Hall–Kier alpha value is -1.04. The van der Waals surface area contributed by atoms with Crippen molar-refractivity contribution in [3.8, 4) is 0 Å². The molecule has 0 aromatic heterocycles. The Balaban J connectivity index is 2.77. The second-order valence-corrected chi connectivity index (χ2v) is 5.51. The predicted molar refractivity (Wildman–Crippen MR) is 76.0 cm³/mol. The standard InChI is InChI=1S/C14H17BrF3NO/c1-10-3-4-12(7-11(10)2)8-13(20)19(6-5-15)9-14(16,17)18/h3-4,7H,5-6,8-9H2,1-2H3. The van der Waals surface area contributed by atoms with Gasteiger partial charge in [0.1, 0.15) is 6.54 Å². The van der Waals surface area contributed by atoms with Gasteiger partial charge < -0.3 is 4.90 Å². The van der Waals surface area contributed by atoms with Gasteiger partial charge in [0.2, 0.25) is 5.91 Å². The van der Waals surface area contributed by atoms with Crippen LogP contribution in [-0.4, -0.2) is 35.4 Å². The van der Waals surface area contributed by atoms with Gasteiger partial charge in [-0.1, -0.05) is 34.1 Å². The van der Waals surface area contributed by atoms with E-state index in [1.807, 2.05) is 26.0 Å². The first kappa shape index (κ1) is 17.0. The molecule has 0 bridgehead atoms. The molecular weight excluding hydrogens is 335 g/mol. The van der Waals surface area contributed by atoms with Gasteiger partial charge in [-0.15, -0.1) is 0 Å². The minimum absolute atomic E-state index is 0.00972. The SMILES string of the molecule is Cc1ccc(CC(=O)N(CCBr)CC(F)(F)F)cc1C. The smallest absolute Gasteiger partial charge is 0.332 e. The van der Waals surface area contributed by atoms with Gasteiger partial charge >= 0.3 is 6.18 Å². The zero-order valence-corrected chi connectivity index (χ0v) is 13.0. The second-order valence-electron chi connectivity index (χ2n) is 4.71. The Kier molecular flexibility index (Phi) is 6.05. The van der Waals surface area contributed by atoms with Gasteiger partial charge in [0, 0.05) is 11.9 Å². The molecule has 112 valence electrons. The van der Waals surface area contributed by atoms with Crippen molar-refractivity contribution in [2.24, 2.45) is 0 Å². The van der Waals surface area contributed by atoms with Gasteiger partial charge in [-0.2, -0.15) is 13.2 Å². The lowest BCUT2D eigenvalue weighted by Gasteiger charge is -2.23. The molecule has 0 spiro atoms. The van der Waals surface area contributed by atoms with E-state index in [9.17, 15) is 18.0 Å². The van der Waals surface area contributed by atoms with Crippen molar-refractivity contribution in [3.63, 3.8) is 0 Å². The number of rotatable bonds is 5. The van der Waals surface area contributed by atoms with E-state index in [0.29, 0.717) is 5.33 Å². The molecule has 20 heavy (non-hydrogen) atoms. The Morgan fingerprint density at radius 1 is 1.25 bits per heavy atom. The van der Waals surface area contributed by atoms with Crippen molar-refractivity contribution in [1.29, 1.82) is 0 Å². The van der Waals surface area contributed by atoms with E-state index < -0.39 is 18.6 Å². The molecule has 0 heterocycles. The monoisotopic (exact) mass is 351 g/mol. The van der Waals surface area contributed by atoms with E-state index in [1.54, 1.807) is 6.07 Å². The lowest BCUT2D eigenvalue weighted by Crippen LogP contribution is -2.40. The molecule has 1 aromatic carbocycles. The highest BCUT2D eigenvalue weighted by atomic mass is 79.9. The number of nitrogens with zero attached hydrogens (tertiary/aromatic N) is 1. The molecule has 0 saturated heterocycles. The van der Waals surface area contributed by atoms with E-state index in [0.717, 1.165) is 21.6 Å². The average molecular weight is 352 g/mol. The van der Waals surface area contributed by atoms with Crippen molar-refractivity contribution in [3.05, 3.63) is 34.9 Å². The summed E-state index contributed by atoms with van der Waals surface area (Å²) in [6.45, 7) is 2.70. The Morgan fingerprint density at radius 3 is 2.40 bits per heavy atom. The summed E-state index contributed by atoms with van der Waals surface area (Å²) in [5, 5.41) is 0.321. The summed E-state index contributed by atoms with van der Waals surface area (Å²) in [4.78, 5) is 12.8. The largest absolute Gasteiger partial charge is 0.406 e. The van der Waals surface area contributed by atoms with E-state index in [-0.39, 0.29) is 13.0 Å². The van der Waals surface area contributed by atoms with Gasteiger partial charge in [0.25, 0.3) is 0 Å². The summed E-state index contributed by atoms with van der Waals surface area (Å²) < 4.78 is 37.3. The molecule has 1 amide bonds. The fraction of sp³-hybridized carbons (Fsp3) is 0.500. The molecule has 0 unspecified atom stereocenters. The summed E-state index contributed by atoms with van der Waals surface area (Å²) in [6.07, 6.45) is -4.38. The van der Waals surface area contributed by atoms with Crippen LogP contribution in [0.5, 0.6) is 0 Å². The molecule has 0 radical (unpaired) electrons. The maximum atomic E-state index is 12.4. The van der Waals surface area contributed by atoms with Gasteiger partial charge in [-0.3, -0.25) is 4.79 Å². The molecule has 0 aliphatic heterocycles. The molecule has 0 N–H and O–H groups in total. The zero-order chi connectivity index (χ0) is 15.3. The molecule has 6 heteroatoms. The lowest BCUT2D eigenvalue weighted by molar-refractivity contribution is -0.160. The Morgan fingerprint density at radius 2 is 1.90 bits per heavy atom. The van der Waals surface area contributed by atoms with Gasteiger partial charge in [0.05, 0.1) is 6.42 Å². The van der Waals surface area contributed by atoms with Gasteiger partial charge in [-0.05, 0) is 30.5 Å². The van der Waals surface area contributed by atoms with E-state index >= 15 is 0 Å². The van der Waals surface area contributed by atoms with Crippen LogP contribution in [0.15, 0.2) is 18.2 Å². The number of carbonyl (C=O) groups excluding carboxylic acids is 1. The van der Waals surface area contributed by atoms with E-state index in [2.05, 4.69) is 15.9 Å². The third-order valence-electron chi connectivity index (χ3n) is 3.00. The van der Waals surface area contributed by atoms with Crippen LogP contribution in [0.2, 0.25) is 0 Å². The first-order valence-electron chi connectivity index (χ1n) is 6.19. The quantitative estimate of drug-likeness (QED) is 0.741. The van der Waals surface area contributed by atoms with Crippen LogP contribution >= 0.6 is 15.9 Å². The van der Waals surface area contributed by atoms with E-state index in [4.69, 9.17) is 0 Å². The summed E-state index contributed by atoms with van der Waals surface area (Å²) in [7, 11) is 0. The summed E-state index contributed by atoms with van der Waals surface area (Å²) >= 11 is 3.07. The summed E-state index contributed by atoms with van der Waals surface area (Å²) in [6, 6.07) is 5.49. The molecular formula is C14H17BrF3NO. The van der Waals surface area contributed by atoms with Crippen LogP contribution in [0.25, 0.3) is 0 Å². The number of alkyl halides is 4. The van der Waals surface area contributed by atoms with Crippen molar-refractivity contribution < 1.29 is 18.0 Å². The summed E-state index contributed by atoms with van der Waals surface area (Å²) in [5.74, 6) is -0.509. The predicted octanol–water partition coefficient (Wildman–Crippen LogP) is 3.63. The highest BCUT2D eigenvalue weighted by Gasteiger charge is 2.32. The second kappa shape index (κ2) is 7.11. The minimum atomic E-state index is -4.37. The maximum absolute atomic E-state index is 12.4. The van der Waals surface area contributed by atoms with Crippen LogP contribution < -0.4 is 0 Å². The van der Waals surface area contributed by atoms with Crippen LogP contribution in [0, 0.1) is 13.8 Å². The molecule has 0 aliphatic rings. The lowest BCUT2D eigenvalue weighted by atomic mass is 10.0. The topological polar surface area (TPSA) is 20.3 Å². The molecule has 0 fully saturated rings. The molecule has 0 saturated carbocycles.